The molecule has 0 aliphatic carbocycles. The van der Waals surface area contributed by atoms with E-state index in [2.05, 4.69) is 37.2 Å². The van der Waals surface area contributed by atoms with E-state index in [1.54, 1.807) is 17.0 Å². The molecule has 3 aromatic carbocycles. The fraction of sp³-hybridized carbons (Fsp3) is 0.286. The summed E-state index contributed by atoms with van der Waals surface area (Å²) < 4.78 is 16.0. The molecule has 1 heterocycles. The van der Waals surface area contributed by atoms with Gasteiger partial charge in [0.15, 0.2) is 0 Å². The number of carbonyl (C=O) groups excluding carboxylic acids is 2. The van der Waals surface area contributed by atoms with Gasteiger partial charge in [0.05, 0.1) is 5.56 Å². The Bertz CT molecular complexity index is 1150. The lowest BCUT2D eigenvalue weighted by Gasteiger charge is -2.33. The fourth-order valence-electron chi connectivity index (χ4n) is 4.47. The number of nitrogens with one attached hydrogen (secondary N) is 1. The van der Waals surface area contributed by atoms with E-state index >= 15 is 0 Å². The predicted octanol–water partition coefficient (Wildman–Crippen LogP) is 6.17. The number of rotatable bonds is 7. The number of nitrogens with zero attached hydrogens (tertiary/aromatic N) is 1. The van der Waals surface area contributed by atoms with Crippen LogP contribution in [-0.2, 0) is 17.6 Å². The quantitative estimate of drug-likeness (QED) is 0.352. The monoisotopic (exact) mass is 600 g/mol. The van der Waals surface area contributed by atoms with Crippen molar-refractivity contribution < 1.29 is 14.0 Å². The molecule has 0 spiro atoms. The Morgan fingerprint density at radius 1 is 0.857 bits per heavy atom. The molecule has 7 heteroatoms. The normalized spacial score (nSPS) is 14.2. The van der Waals surface area contributed by atoms with Crippen molar-refractivity contribution in [3.63, 3.8) is 0 Å². The molecule has 0 bridgehead atoms. The molecule has 0 aromatic heterocycles. The zero-order valence-corrected chi connectivity index (χ0v) is 22.4. The molecular weight excluding hydrogens is 575 g/mol. The molecule has 1 fully saturated rings. The van der Waals surface area contributed by atoms with Crippen molar-refractivity contribution >= 4 is 43.7 Å². The van der Waals surface area contributed by atoms with Crippen LogP contribution in [0, 0.1) is 11.7 Å². The summed E-state index contributed by atoms with van der Waals surface area (Å²) in [7, 11) is 0. The minimum absolute atomic E-state index is 0.00962. The van der Waals surface area contributed by atoms with Crippen molar-refractivity contribution in [2.75, 3.05) is 13.1 Å². The van der Waals surface area contributed by atoms with Crippen LogP contribution >= 0.6 is 31.9 Å². The van der Waals surface area contributed by atoms with Gasteiger partial charge in [-0.05, 0) is 61.1 Å². The molecule has 2 amide bonds. The van der Waals surface area contributed by atoms with Crippen LogP contribution in [0.4, 0.5) is 4.39 Å². The summed E-state index contributed by atoms with van der Waals surface area (Å²) in [4.78, 5) is 27.8. The lowest BCUT2D eigenvalue weighted by molar-refractivity contribution is -0.126. The van der Waals surface area contributed by atoms with Crippen molar-refractivity contribution in [1.29, 1.82) is 0 Å². The van der Waals surface area contributed by atoms with Gasteiger partial charge in [0.25, 0.3) is 5.91 Å². The molecule has 1 saturated heterocycles. The van der Waals surface area contributed by atoms with Gasteiger partial charge in [-0.3, -0.25) is 9.59 Å². The van der Waals surface area contributed by atoms with Gasteiger partial charge in [-0.25, -0.2) is 4.39 Å². The maximum Gasteiger partial charge on any atom is 0.256 e. The van der Waals surface area contributed by atoms with Gasteiger partial charge in [-0.1, -0.05) is 80.4 Å². The second-order valence-corrected chi connectivity index (χ2v) is 10.6. The minimum atomic E-state index is -0.505. The Morgan fingerprint density at radius 2 is 1.37 bits per heavy atom. The molecular formula is C28H27Br2FN2O2. The summed E-state index contributed by atoms with van der Waals surface area (Å²) in [5, 5.41) is 3.23. The molecule has 0 radical (unpaired) electrons. The number of likely N-dealkylation sites (tertiary alicyclic amines) is 1. The average Bonchev–Trinajstić information content (AvgIpc) is 2.86. The summed E-state index contributed by atoms with van der Waals surface area (Å²) in [6, 6.07) is 22.0. The number of carbonyl (C=O) groups is 2. The number of hydrogen-bond donors (Lipinski definition) is 1. The fourth-order valence-corrected chi connectivity index (χ4v) is 5.36. The molecule has 35 heavy (non-hydrogen) atoms. The van der Waals surface area contributed by atoms with Crippen LogP contribution in [-0.4, -0.2) is 35.8 Å². The smallest absolute Gasteiger partial charge is 0.256 e. The van der Waals surface area contributed by atoms with Crippen molar-refractivity contribution in [2.45, 2.75) is 31.7 Å². The van der Waals surface area contributed by atoms with Crippen molar-refractivity contribution in [3.8, 4) is 0 Å². The van der Waals surface area contributed by atoms with Crippen LogP contribution in [0.2, 0.25) is 0 Å². The van der Waals surface area contributed by atoms with Crippen LogP contribution < -0.4 is 5.32 Å². The largest absolute Gasteiger partial charge is 0.353 e. The first-order valence-corrected chi connectivity index (χ1v) is 13.3. The molecule has 1 N–H and O–H groups in total. The van der Waals surface area contributed by atoms with Gasteiger partial charge >= 0.3 is 0 Å². The van der Waals surface area contributed by atoms with Crippen LogP contribution in [0.1, 0.15) is 34.3 Å². The lowest BCUT2D eigenvalue weighted by Crippen LogP contribution is -2.48. The highest BCUT2D eigenvalue weighted by Gasteiger charge is 2.28. The Hall–Kier alpha value is -2.51. The van der Waals surface area contributed by atoms with Crippen LogP contribution in [0.15, 0.2) is 81.7 Å². The van der Waals surface area contributed by atoms with Gasteiger partial charge in [0.1, 0.15) is 5.82 Å². The predicted molar refractivity (Wildman–Crippen MR) is 143 cm³/mol. The van der Waals surface area contributed by atoms with E-state index in [1.807, 2.05) is 48.5 Å². The SMILES string of the molecule is O=C(NC1CCN(C(=O)c2ccccc2F)CC1)C(Cc1ccccc1Br)Cc1ccccc1Br. The molecule has 1 aliphatic heterocycles. The van der Waals surface area contributed by atoms with Crippen LogP contribution in [0.5, 0.6) is 0 Å². The summed E-state index contributed by atoms with van der Waals surface area (Å²) in [5.74, 6) is -1.04. The van der Waals surface area contributed by atoms with E-state index < -0.39 is 5.82 Å². The zero-order valence-electron chi connectivity index (χ0n) is 19.2. The summed E-state index contributed by atoms with van der Waals surface area (Å²) >= 11 is 7.22. The standard InChI is InChI=1S/C28H27Br2FN2O2/c29-24-10-4-1-7-19(24)17-21(18-20-8-2-5-11-25(20)30)27(34)32-22-13-15-33(16-14-22)28(35)23-9-3-6-12-26(23)31/h1-12,21-22H,13-18H2,(H,32,34). The molecule has 1 aliphatic rings. The van der Waals surface area contributed by atoms with Crippen LogP contribution in [0.3, 0.4) is 0 Å². The first kappa shape index (κ1) is 25.6. The number of halogens is 3. The minimum Gasteiger partial charge on any atom is -0.353 e. The Labute approximate surface area is 222 Å². The Kier molecular flexibility index (Phi) is 8.74. The first-order valence-electron chi connectivity index (χ1n) is 11.7. The highest BCUT2D eigenvalue weighted by Crippen LogP contribution is 2.26. The lowest BCUT2D eigenvalue weighted by atomic mass is 9.91. The highest BCUT2D eigenvalue weighted by atomic mass is 79.9. The van der Waals surface area contributed by atoms with Gasteiger partial charge in [-0.15, -0.1) is 0 Å². The van der Waals surface area contributed by atoms with Crippen LogP contribution in [0.25, 0.3) is 0 Å². The molecule has 0 saturated carbocycles. The van der Waals surface area contributed by atoms with Gasteiger partial charge in [-0.2, -0.15) is 0 Å². The van der Waals surface area contributed by atoms with E-state index in [1.165, 1.54) is 12.1 Å². The average molecular weight is 602 g/mol. The number of hydrogen-bond acceptors (Lipinski definition) is 2. The third kappa shape index (κ3) is 6.58. The maximum atomic E-state index is 14.0. The number of amides is 2. The molecule has 4 nitrogen and oxygen atoms in total. The maximum absolute atomic E-state index is 14.0. The number of benzene rings is 3. The van der Waals surface area contributed by atoms with Crippen molar-refractivity contribution in [1.82, 2.24) is 10.2 Å². The van der Waals surface area contributed by atoms with Gasteiger partial charge in [0.2, 0.25) is 5.91 Å². The molecule has 0 atom stereocenters. The highest BCUT2D eigenvalue weighted by molar-refractivity contribution is 9.10. The third-order valence-electron chi connectivity index (χ3n) is 6.45. The van der Waals surface area contributed by atoms with E-state index in [-0.39, 0.29) is 29.3 Å². The number of piperidine rings is 1. The van der Waals surface area contributed by atoms with E-state index in [9.17, 15) is 14.0 Å². The summed E-state index contributed by atoms with van der Waals surface area (Å²) in [6.45, 7) is 0.967. The van der Waals surface area contributed by atoms with E-state index in [4.69, 9.17) is 0 Å². The summed E-state index contributed by atoms with van der Waals surface area (Å²) in [5.41, 5.74) is 2.27. The first-order chi connectivity index (χ1) is 16.9. The topological polar surface area (TPSA) is 49.4 Å². The summed E-state index contributed by atoms with van der Waals surface area (Å²) in [6.07, 6.45) is 2.50. The Balaban J connectivity index is 1.41. The van der Waals surface area contributed by atoms with Gasteiger partial charge in [0, 0.05) is 34.0 Å². The second kappa shape index (κ2) is 12.0. The second-order valence-electron chi connectivity index (χ2n) is 8.84. The van der Waals surface area contributed by atoms with E-state index in [0.29, 0.717) is 38.8 Å². The molecule has 4 rings (SSSR count). The zero-order chi connectivity index (χ0) is 24.8. The molecule has 182 valence electrons. The third-order valence-corrected chi connectivity index (χ3v) is 8.00. The van der Waals surface area contributed by atoms with Gasteiger partial charge < -0.3 is 10.2 Å². The Morgan fingerprint density at radius 3 is 1.91 bits per heavy atom. The van der Waals surface area contributed by atoms with E-state index in [0.717, 1.165) is 20.1 Å². The van der Waals surface area contributed by atoms with Crippen molar-refractivity contribution in [2.24, 2.45) is 5.92 Å². The molecule has 0 unspecified atom stereocenters. The van der Waals surface area contributed by atoms with Crippen molar-refractivity contribution in [3.05, 3.63) is 104 Å². The molecule has 3 aromatic rings.